The second-order valence-corrected chi connectivity index (χ2v) is 24.1. The predicted molar refractivity (Wildman–Crippen MR) is 374 cm³/mol. The zero-order chi connectivity index (χ0) is 69.4. The van der Waals surface area contributed by atoms with Crippen LogP contribution in [0.2, 0.25) is 0 Å². The first-order valence-corrected chi connectivity index (χ1v) is 33.2. The lowest BCUT2D eigenvalue weighted by atomic mass is 10.0. The first-order valence-electron chi connectivity index (χ1n) is 33.2. The third kappa shape index (κ3) is 24.9. The van der Waals surface area contributed by atoms with Gasteiger partial charge in [0.05, 0.1) is 6.04 Å². The smallest absolute Gasteiger partial charge is 0.243 e. The van der Waals surface area contributed by atoms with Gasteiger partial charge in [0.2, 0.25) is 47.3 Å². The number of hydrogen-bond acceptors (Lipinski definition) is 12. The molecule has 0 unspecified atom stereocenters. The van der Waals surface area contributed by atoms with Crippen LogP contribution in [0.3, 0.4) is 0 Å². The van der Waals surface area contributed by atoms with E-state index < -0.39 is 83.6 Å². The van der Waals surface area contributed by atoms with Crippen molar-refractivity contribution in [2.45, 2.75) is 178 Å². The number of primary amides is 1. The standard InChI is InChI=1S/C67H99N21O8/c1-2-3-4-5-6-7-8-30-57(89)76-31-16-15-27-51(58(69)90)83-62(94)55(36-42-39-81-49-25-13-10-21-45(42)49)87-60(92)53(29-19-34-79-67(74)75)85-64(96)56(37-43-40-82-50-26-14-11-22-46(43)50)88-61(93)52(28-18-33-78-66(72)73)84-63(95)54(35-41-38-80-48-24-12-9-20-44(41)48)86-59(91)47(68)23-17-32-77-65(70)71/h9-14,20-22,24-26,38-40,47,51-56,80-82H,2-8,15-19,23,27-37,68H2,1H3,(H2,69,90)(H,76,89)(H,83,94)(H,84,95)(H,85,96)(H,86,91)(H,87,92)(H,88,93)(H4,70,71,77)(H4,72,73,78)(H4,74,75,79)/t47-,51+,52-,53-,54+,55-,56+/m1/s1. The van der Waals surface area contributed by atoms with Gasteiger partial charge in [0.25, 0.3) is 0 Å². The van der Waals surface area contributed by atoms with Crippen LogP contribution in [0, 0.1) is 0 Å². The Balaban J connectivity index is 1.27. The molecule has 520 valence electrons. The number of guanidine groups is 3. The van der Waals surface area contributed by atoms with Gasteiger partial charge in [-0.15, -0.1) is 0 Å². The van der Waals surface area contributed by atoms with Crippen molar-refractivity contribution >= 4 is 97.8 Å². The number of nitrogens with one attached hydrogen (secondary N) is 10. The molecule has 6 aromatic rings. The number of amides is 8. The number of rotatable bonds is 44. The van der Waals surface area contributed by atoms with E-state index in [4.69, 9.17) is 45.9 Å². The Kier molecular flexibility index (Phi) is 30.8. The van der Waals surface area contributed by atoms with Crippen molar-refractivity contribution in [3.05, 3.63) is 108 Å². The number of unbranched alkanes of at least 4 members (excludes halogenated alkanes) is 7. The Morgan fingerprint density at radius 1 is 0.396 bits per heavy atom. The highest BCUT2D eigenvalue weighted by Gasteiger charge is 2.35. The van der Waals surface area contributed by atoms with E-state index in [0.29, 0.717) is 48.9 Å². The van der Waals surface area contributed by atoms with Gasteiger partial charge in [0.1, 0.15) is 36.3 Å². The lowest BCUT2D eigenvalue weighted by molar-refractivity contribution is -0.135. The van der Waals surface area contributed by atoms with Crippen molar-refractivity contribution in [3.8, 4) is 0 Å². The number of H-pyrrole nitrogens is 3. The Morgan fingerprint density at radius 3 is 1.15 bits per heavy atom. The fraction of sp³-hybridized carbons (Fsp3) is 0.478. The van der Waals surface area contributed by atoms with E-state index in [1.807, 2.05) is 72.8 Å². The van der Waals surface area contributed by atoms with Crippen LogP contribution in [0.5, 0.6) is 0 Å². The Hall–Kier alpha value is -10.2. The molecule has 8 amide bonds. The summed E-state index contributed by atoms with van der Waals surface area (Å²) >= 11 is 0. The average Bonchev–Trinajstić information content (AvgIpc) is 1.65. The van der Waals surface area contributed by atoms with Gasteiger partial charge in [-0.25, -0.2) is 0 Å². The van der Waals surface area contributed by atoms with Crippen molar-refractivity contribution in [3.63, 3.8) is 0 Å². The van der Waals surface area contributed by atoms with E-state index in [1.165, 1.54) is 19.3 Å². The molecule has 0 bridgehead atoms. The van der Waals surface area contributed by atoms with E-state index in [1.54, 1.807) is 18.6 Å². The summed E-state index contributed by atoms with van der Waals surface area (Å²) in [6.45, 7) is 2.83. The molecular formula is C67H99N21O8. The number of hydrogen-bond donors (Lipinski definition) is 18. The van der Waals surface area contributed by atoms with Crippen LogP contribution >= 0.6 is 0 Å². The Morgan fingerprint density at radius 2 is 0.740 bits per heavy atom. The third-order valence-electron chi connectivity index (χ3n) is 16.6. The quantitative estimate of drug-likeness (QED) is 0.0146. The highest BCUT2D eigenvalue weighted by Crippen LogP contribution is 2.23. The van der Waals surface area contributed by atoms with Gasteiger partial charge in [-0.05, 0) is 99.1 Å². The van der Waals surface area contributed by atoms with Crippen molar-refractivity contribution in [1.82, 2.24) is 52.2 Å². The number of carbonyl (C=O) groups is 8. The van der Waals surface area contributed by atoms with Crippen LogP contribution in [-0.4, -0.2) is 149 Å². The highest BCUT2D eigenvalue weighted by atomic mass is 16.2. The highest BCUT2D eigenvalue weighted by molar-refractivity contribution is 5.99. The molecule has 3 aromatic carbocycles. The third-order valence-corrected chi connectivity index (χ3v) is 16.6. The number of aromatic amines is 3. The summed E-state index contributed by atoms with van der Waals surface area (Å²) in [6.07, 6.45) is 14.6. The van der Waals surface area contributed by atoms with E-state index in [-0.39, 0.29) is 101 Å². The lowest BCUT2D eigenvalue weighted by Crippen LogP contribution is -2.60. The van der Waals surface area contributed by atoms with Gasteiger partial charge in [0, 0.05) is 103 Å². The molecule has 96 heavy (non-hydrogen) atoms. The molecule has 0 saturated carbocycles. The monoisotopic (exact) mass is 1330 g/mol. The van der Waals surface area contributed by atoms with Crippen LogP contribution in [0.25, 0.3) is 32.7 Å². The molecular weight excluding hydrogens is 1230 g/mol. The predicted octanol–water partition coefficient (Wildman–Crippen LogP) is 1.47. The first kappa shape index (κ1) is 74.8. The van der Waals surface area contributed by atoms with Gasteiger partial charge in [-0.1, -0.05) is 100 Å². The first-order chi connectivity index (χ1) is 46.2. The second kappa shape index (κ2) is 39.5. The maximum atomic E-state index is 15.3. The molecule has 0 aliphatic rings. The Bertz CT molecular complexity index is 3600. The van der Waals surface area contributed by atoms with Crippen LogP contribution < -0.4 is 83.1 Å². The zero-order valence-electron chi connectivity index (χ0n) is 54.9. The van der Waals surface area contributed by atoms with Gasteiger partial charge in [-0.3, -0.25) is 53.3 Å². The normalized spacial score (nSPS) is 13.4. The van der Waals surface area contributed by atoms with Crippen LogP contribution in [0.1, 0.15) is 133 Å². The summed E-state index contributed by atoms with van der Waals surface area (Å²) in [4.78, 5) is 136. The zero-order valence-corrected chi connectivity index (χ0v) is 54.9. The minimum absolute atomic E-state index is 0.0360. The molecule has 26 N–H and O–H groups in total. The molecule has 3 aromatic heterocycles. The van der Waals surface area contributed by atoms with Gasteiger partial charge >= 0.3 is 0 Å². The van der Waals surface area contributed by atoms with Crippen LogP contribution in [0.15, 0.2) is 106 Å². The summed E-state index contributed by atoms with van der Waals surface area (Å²) in [7, 11) is 0. The molecule has 0 radical (unpaired) electrons. The van der Waals surface area contributed by atoms with E-state index >= 15 is 14.4 Å². The summed E-state index contributed by atoms with van der Waals surface area (Å²) in [5.74, 6) is -6.02. The summed E-state index contributed by atoms with van der Waals surface area (Å²) in [5, 5.41) is 22.2. The molecule has 0 aliphatic carbocycles. The number of nitrogens with zero attached hydrogens (tertiary/aromatic N) is 3. The molecule has 7 atom stereocenters. The van der Waals surface area contributed by atoms with Crippen LogP contribution in [0.4, 0.5) is 0 Å². The molecule has 0 saturated heterocycles. The van der Waals surface area contributed by atoms with Gasteiger partial charge < -0.3 is 98.0 Å². The molecule has 6 rings (SSSR count). The molecule has 29 heteroatoms. The fourth-order valence-corrected chi connectivity index (χ4v) is 11.3. The maximum Gasteiger partial charge on any atom is 0.243 e. The van der Waals surface area contributed by atoms with E-state index in [2.05, 4.69) is 74.1 Å². The Labute approximate surface area is 558 Å². The average molecular weight is 1330 g/mol. The largest absolute Gasteiger partial charge is 0.370 e. The SMILES string of the molecule is CCCCCCCCCC(=O)NCCCC[C@H](NC(=O)[C@@H](Cc1c[nH]c2ccccc12)NC(=O)[C@@H](CCCN=C(N)N)NC(=O)[C@H](Cc1c[nH]c2ccccc12)NC(=O)[C@@H](CCCN=C(N)N)NC(=O)[C@H](Cc1c[nH]c2ccccc12)NC(=O)[C@H](N)CCCN=C(N)N)C(N)=O. The number of aromatic nitrogens is 3. The second-order valence-electron chi connectivity index (χ2n) is 24.1. The molecule has 0 aliphatic heterocycles. The molecule has 3 heterocycles. The number of carbonyl (C=O) groups excluding carboxylic acids is 8. The summed E-state index contributed by atoms with van der Waals surface area (Å²) < 4.78 is 0. The number of nitrogens with two attached hydrogens (primary N) is 8. The van der Waals surface area contributed by atoms with Crippen molar-refractivity contribution in [2.24, 2.45) is 60.8 Å². The molecule has 29 nitrogen and oxygen atoms in total. The summed E-state index contributed by atoms with van der Waals surface area (Å²) in [5.41, 5.74) is 50.1. The number of aliphatic imine (C=N–C) groups is 3. The topological polar surface area (TPSA) is 513 Å². The number of fused-ring (bicyclic) bond motifs is 3. The van der Waals surface area contributed by atoms with E-state index in [9.17, 15) is 24.0 Å². The minimum atomic E-state index is -1.46. The maximum absolute atomic E-state index is 15.3. The number of para-hydroxylation sites is 3. The fourth-order valence-electron chi connectivity index (χ4n) is 11.3. The van der Waals surface area contributed by atoms with Crippen LogP contribution in [-0.2, 0) is 57.6 Å². The van der Waals surface area contributed by atoms with Gasteiger partial charge in [-0.2, -0.15) is 0 Å². The molecule has 0 fully saturated rings. The van der Waals surface area contributed by atoms with Crippen molar-refractivity contribution in [1.29, 1.82) is 0 Å². The van der Waals surface area contributed by atoms with E-state index in [0.717, 1.165) is 58.4 Å². The molecule has 0 spiro atoms. The minimum Gasteiger partial charge on any atom is -0.370 e. The summed E-state index contributed by atoms with van der Waals surface area (Å²) in [6, 6.07) is 12.9. The van der Waals surface area contributed by atoms with Crippen molar-refractivity contribution < 1.29 is 38.4 Å². The number of benzene rings is 3. The van der Waals surface area contributed by atoms with Gasteiger partial charge in [0.15, 0.2) is 17.9 Å². The van der Waals surface area contributed by atoms with Crippen molar-refractivity contribution in [2.75, 3.05) is 26.2 Å². The lowest BCUT2D eigenvalue weighted by Gasteiger charge is -2.28.